The van der Waals surface area contributed by atoms with Crippen LogP contribution in [0.1, 0.15) is 11.1 Å². The Morgan fingerprint density at radius 1 is 1.21 bits per heavy atom. The minimum absolute atomic E-state index is 0.498. The van der Waals surface area contributed by atoms with Crippen molar-refractivity contribution in [1.29, 1.82) is 0 Å². The quantitative estimate of drug-likeness (QED) is 0.649. The van der Waals surface area contributed by atoms with E-state index in [2.05, 4.69) is 18.3 Å². The SMILES string of the molecule is C=Cc1cc(OCc2ccccc2)cc(N)c1N=C. The summed E-state index contributed by atoms with van der Waals surface area (Å²) in [5, 5.41) is 0. The smallest absolute Gasteiger partial charge is 0.122 e. The third-order valence-electron chi connectivity index (χ3n) is 2.77. The zero-order valence-corrected chi connectivity index (χ0v) is 10.7. The number of nitrogen functional groups attached to an aromatic ring is 1. The van der Waals surface area contributed by atoms with Crippen molar-refractivity contribution in [3.63, 3.8) is 0 Å². The molecule has 0 aromatic heterocycles. The molecule has 0 unspecified atom stereocenters. The van der Waals surface area contributed by atoms with Crippen LogP contribution in [0.15, 0.2) is 54.0 Å². The number of benzene rings is 2. The molecule has 0 heterocycles. The molecular weight excluding hydrogens is 236 g/mol. The van der Waals surface area contributed by atoms with Crippen molar-refractivity contribution < 1.29 is 4.74 Å². The highest BCUT2D eigenvalue weighted by Gasteiger charge is 2.06. The van der Waals surface area contributed by atoms with E-state index in [0.717, 1.165) is 11.1 Å². The summed E-state index contributed by atoms with van der Waals surface area (Å²) in [6, 6.07) is 13.6. The molecule has 96 valence electrons. The number of hydrogen-bond acceptors (Lipinski definition) is 3. The predicted octanol–water partition coefficient (Wildman–Crippen LogP) is 3.82. The fourth-order valence-electron chi connectivity index (χ4n) is 1.81. The Labute approximate surface area is 113 Å². The first-order chi connectivity index (χ1) is 9.24. The number of ether oxygens (including phenoxy) is 1. The molecule has 0 atom stereocenters. The van der Waals surface area contributed by atoms with Gasteiger partial charge in [0, 0.05) is 11.6 Å². The van der Waals surface area contributed by atoms with Crippen LogP contribution in [0.3, 0.4) is 0 Å². The molecule has 0 aliphatic heterocycles. The van der Waals surface area contributed by atoms with E-state index in [-0.39, 0.29) is 0 Å². The van der Waals surface area contributed by atoms with Crippen molar-refractivity contribution >= 4 is 24.2 Å². The molecule has 2 aromatic carbocycles. The average Bonchev–Trinajstić information content (AvgIpc) is 2.45. The van der Waals surface area contributed by atoms with E-state index in [1.165, 1.54) is 0 Å². The summed E-state index contributed by atoms with van der Waals surface area (Å²) in [4.78, 5) is 3.90. The van der Waals surface area contributed by atoms with Gasteiger partial charge in [-0.3, -0.25) is 4.99 Å². The van der Waals surface area contributed by atoms with Gasteiger partial charge < -0.3 is 10.5 Å². The molecule has 2 N–H and O–H groups in total. The van der Waals surface area contributed by atoms with Gasteiger partial charge in [0.15, 0.2) is 0 Å². The Balaban J connectivity index is 2.19. The maximum absolute atomic E-state index is 5.92. The minimum Gasteiger partial charge on any atom is -0.489 e. The lowest BCUT2D eigenvalue weighted by Gasteiger charge is -2.10. The highest BCUT2D eigenvalue weighted by Crippen LogP contribution is 2.32. The average molecular weight is 252 g/mol. The highest BCUT2D eigenvalue weighted by molar-refractivity contribution is 5.78. The second-order valence-electron chi connectivity index (χ2n) is 4.09. The van der Waals surface area contributed by atoms with Gasteiger partial charge in [0.25, 0.3) is 0 Å². The van der Waals surface area contributed by atoms with Crippen molar-refractivity contribution in [3.8, 4) is 5.75 Å². The van der Waals surface area contributed by atoms with Crippen LogP contribution in [-0.4, -0.2) is 6.72 Å². The number of aliphatic imine (C=N–C) groups is 1. The Morgan fingerprint density at radius 2 is 1.95 bits per heavy atom. The van der Waals surface area contributed by atoms with Crippen LogP contribution in [0.4, 0.5) is 11.4 Å². The van der Waals surface area contributed by atoms with E-state index in [9.17, 15) is 0 Å². The van der Waals surface area contributed by atoms with Crippen molar-refractivity contribution in [3.05, 3.63) is 60.2 Å². The molecule has 0 saturated heterocycles. The lowest BCUT2D eigenvalue weighted by atomic mass is 10.1. The second kappa shape index (κ2) is 5.87. The Hall–Kier alpha value is -2.55. The minimum atomic E-state index is 0.498. The summed E-state index contributed by atoms with van der Waals surface area (Å²) in [6.45, 7) is 7.74. The van der Waals surface area contributed by atoms with Crippen LogP contribution in [0.2, 0.25) is 0 Å². The fraction of sp³-hybridized carbons (Fsp3) is 0.0625. The first-order valence-electron chi connectivity index (χ1n) is 5.94. The molecular formula is C16H16N2O. The first-order valence-corrected chi connectivity index (χ1v) is 5.94. The topological polar surface area (TPSA) is 47.6 Å². The molecule has 0 amide bonds. The normalized spacial score (nSPS) is 9.89. The molecule has 2 rings (SSSR count). The zero-order chi connectivity index (χ0) is 13.7. The highest BCUT2D eigenvalue weighted by atomic mass is 16.5. The summed E-state index contributed by atoms with van der Waals surface area (Å²) in [6.07, 6.45) is 1.69. The molecule has 0 radical (unpaired) electrons. The number of nitrogens with two attached hydrogens (primary N) is 1. The first kappa shape index (κ1) is 12.9. The van der Waals surface area contributed by atoms with Crippen LogP contribution in [0.25, 0.3) is 6.08 Å². The molecule has 0 bridgehead atoms. The lowest BCUT2D eigenvalue weighted by molar-refractivity contribution is 0.306. The summed E-state index contributed by atoms with van der Waals surface area (Å²) >= 11 is 0. The van der Waals surface area contributed by atoms with Gasteiger partial charge in [-0.05, 0) is 18.3 Å². The number of hydrogen-bond donors (Lipinski definition) is 1. The van der Waals surface area contributed by atoms with Gasteiger partial charge in [-0.2, -0.15) is 0 Å². The van der Waals surface area contributed by atoms with Crippen LogP contribution in [0.5, 0.6) is 5.75 Å². The van der Waals surface area contributed by atoms with Crippen LogP contribution < -0.4 is 10.5 Å². The van der Waals surface area contributed by atoms with Crippen molar-refractivity contribution in [2.45, 2.75) is 6.61 Å². The summed E-state index contributed by atoms with van der Waals surface area (Å²) in [5.74, 6) is 0.698. The van der Waals surface area contributed by atoms with Crippen molar-refractivity contribution in [2.75, 3.05) is 5.73 Å². The number of anilines is 1. The van der Waals surface area contributed by atoms with Crippen molar-refractivity contribution in [1.82, 2.24) is 0 Å². The van der Waals surface area contributed by atoms with Crippen LogP contribution in [0, 0.1) is 0 Å². The standard InChI is InChI=1S/C16H16N2O/c1-3-13-9-14(10-15(17)16(13)18-2)19-11-12-7-5-4-6-8-12/h3-10H,1-2,11,17H2. The molecule has 0 spiro atoms. The van der Waals surface area contributed by atoms with Gasteiger partial charge in [-0.25, -0.2) is 0 Å². The van der Waals surface area contributed by atoms with Gasteiger partial charge in [-0.15, -0.1) is 0 Å². The molecule has 19 heavy (non-hydrogen) atoms. The molecule has 0 saturated carbocycles. The largest absolute Gasteiger partial charge is 0.489 e. The van der Waals surface area contributed by atoms with Gasteiger partial charge in [-0.1, -0.05) is 43.0 Å². The Kier molecular flexibility index (Phi) is 3.98. The van der Waals surface area contributed by atoms with Crippen LogP contribution >= 0.6 is 0 Å². The number of nitrogens with zero attached hydrogens (tertiary/aromatic N) is 1. The third-order valence-corrected chi connectivity index (χ3v) is 2.77. The molecule has 3 nitrogen and oxygen atoms in total. The predicted molar refractivity (Wildman–Crippen MR) is 80.9 cm³/mol. The lowest BCUT2D eigenvalue weighted by Crippen LogP contribution is -1.97. The maximum atomic E-state index is 5.92. The monoisotopic (exact) mass is 252 g/mol. The molecule has 0 aliphatic carbocycles. The summed E-state index contributed by atoms with van der Waals surface area (Å²) < 4.78 is 5.73. The molecule has 3 heteroatoms. The maximum Gasteiger partial charge on any atom is 0.122 e. The summed E-state index contributed by atoms with van der Waals surface area (Å²) in [7, 11) is 0. The van der Waals surface area contributed by atoms with E-state index in [0.29, 0.717) is 23.7 Å². The van der Waals surface area contributed by atoms with E-state index < -0.39 is 0 Å². The van der Waals surface area contributed by atoms with Gasteiger partial charge in [0.05, 0.1) is 11.4 Å². The van der Waals surface area contributed by atoms with Crippen molar-refractivity contribution in [2.24, 2.45) is 4.99 Å². The summed E-state index contributed by atoms with van der Waals surface area (Å²) in [5.41, 5.74) is 9.02. The Morgan fingerprint density at radius 3 is 2.58 bits per heavy atom. The van der Waals surface area contributed by atoms with E-state index in [1.54, 1.807) is 12.1 Å². The van der Waals surface area contributed by atoms with Crippen LogP contribution in [-0.2, 0) is 6.61 Å². The zero-order valence-electron chi connectivity index (χ0n) is 10.7. The fourth-order valence-corrected chi connectivity index (χ4v) is 1.81. The van der Waals surface area contributed by atoms with E-state index in [1.807, 2.05) is 36.4 Å². The van der Waals surface area contributed by atoms with Gasteiger partial charge in [0.2, 0.25) is 0 Å². The molecule has 2 aromatic rings. The van der Waals surface area contributed by atoms with E-state index in [4.69, 9.17) is 10.5 Å². The second-order valence-corrected chi connectivity index (χ2v) is 4.09. The van der Waals surface area contributed by atoms with E-state index >= 15 is 0 Å². The van der Waals surface area contributed by atoms with Gasteiger partial charge >= 0.3 is 0 Å². The van der Waals surface area contributed by atoms with Gasteiger partial charge in [0.1, 0.15) is 12.4 Å². The molecule has 0 aliphatic rings. The third kappa shape index (κ3) is 3.01. The number of rotatable bonds is 5. The molecule has 0 fully saturated rings. The Bertz CT molecular complexity index is 591.